The molecule has 3 aliphatic rings. The Morgan fingerprint density at radius 1 is 1.00 bits per heavy atom. The fourth-order valence-electron chi connectivity index (χ4n) is 4.37. The average molecular weight is 325 g/mol. The Kier molecular flexibility index (Phi) is 5.19. The monoisotopic (exact) mass is 325 g/mol. The first-order valence-corrected chi connectivity index (χ1v) is 9.05. The number of amides is 2. The van der Waals surface area contributed by atoms with E-state index in [9.17, 15) is 14.0 Å². The van der Waals surface area contributed by atoms with Crippen molar-refractivity contribution in [2.24, 2.45) is 11.7 Å². The van der Waals surface area contributed by atoms with Crippen LogP contribution in [0.15, 0.2) is 0 Å². The predicted octanol–water partition coefficient (Wildman–Crippen LogP) is 1.46. The van der Waals surface area contributed by atoms with Crippen LogP contribution in [0, 0.1) is 5.92 Å². The molecule has 0 aromatic rings. The number of hydrogen-bond acceptors (Lipinski definition) is 3. The maximum absolute atomic E-state index is 13.4. The molecule has 0 bridgehead atoms. The van der Waals surface area contributed by atoms with Crippen LogP contribution in [0.3, 0.4) is 0 Å². The number of carbonyl (C=O) groups excluding carboxylic acids is 2. The van der Waals surface area contributed by atoms with E-state index in [2.05, 4.69) is 0 Å². The number of piperidine rings is 1. The minimum Gasteiger partial charge on any atom is -0.333 e. The quantitative estimate of drug-likeness (QED) is 0.782. The van der Waals surface area contributed by atoms with Crippen molar-refractivity contribution in [3.8, 4) is 0 Å². The van der Waals surface area contributed by atoms with Gasteiger partial charge >= 0.3 is 11.8 Å². The van der Waals surface area contributed by atoms with Crippen LogP contribution in [-0.2, 0) is 9.59 Å². The van der Waals surface area contributed by atoms with Gasteiger partial charge in [-0.25, -0.2) is 4.39 Å². The fraction of sp³-hybridized carbons (Fsp3) is 0.882. The zero-order chi connectivity index (χ0) is 16.4. The summed E-state index contributed by atoms with van der Waals surface area (Å²) in [5.41, 5.74) is 5.70. The summed E-state index contributed by atoms with van der Waals surface area (Å²) in [5, 5.41) is 0. The van der Waals surface area contributed by atoms with Gasteiger partial charge in [-0.2, -0.15) is 0 Å². The van der Waals surface area contributed by atoms with Gasteiger partial charge in [-0.1, -0.05) is 25.7 Å². The van der Waals surface area contributed by atoms with Crippen molar-refractivity contribution in [2.75, 3.05) is 19.6 Å². The van der Waals surface area contributed by atoms with Gasteiger partial charge in [-0.05, 0) is 31.6 Å². The summed E-state index contributed by atoms with van der Waals surface area (Å²) in [4.78, 5) is 28.3. The molecule has 2 N–H and O–H groups in total. The second-order valence-corrected chi connectivity index (χ2v) is 7.40. The summed E-state index contributed by atoms with van der Waals surface area (Å²) < 4.78 is 13.4. The van der Waals surface area contributed by atoms with Gasteiger partial charge in [0.05, 0.1) is 6.04 Å². The van der Waals surface area contributed by atoms with Crippen molar-refractivity contribution in [3.05, 3.63) is 0 Å². The second kappa shape index (κ2) is 7.16. The Balaban J connectivity index is 1.58. The van der Waals surface area contributed by atoms with Crippen molar-refractivity contribution in [3.63, 3.8) is 0 Å². The molecule has 3 fully saturated rings. The number of rotatable bonds is 2. The van der Waals surface area contributed by atoms with Crippen molar-refractivity contribution < 1.29 is 14.0 Å². The van der Waals surface area contributed by atoms with Crippen molar-refractivity contribution in [1.82, 2.24) is 9.80 Å². The first-order valence-electron chi connectivity index (χ1n) is 9.05. The molecular formula is C17H28FN3O2. The van der Waals surface area contributed by atoms with Gasteiger partial charge < -0.3 is 15.5 Å². The number of halogens is 1. The van der Waals surface area contributed by atoms with Crippen LogP contribution in [0.2, 0.25) is 0 Å². The van der Waals surface area contributed by atoms with Crippen LogP contribution in [0.5, 0.6) is 0 Å². The van der Waals surface area contributed by atoms with Gasteiger partial charge in [0.2, 0.25) is 0 Å². The van der Waals surface area contributed by atoms with Crippen LogP contribution in [0.1, 0.15) is 51.4 Å². The molecule has 2 aliphatic heterocycles. The maximum atomic E-state index is 13.4. The molecule has 3 rings (SSSR count). The van der Waals surface area contributed by atoms with Crippen molar-refractivity contribution in [2.45, 2.75) is 69.6 Å². The summed E-state index contributed by atoms with van der Waals surface area (Å²) in [6, 6.07) is -0.463. The Morgan fingerprint density at radius 2 is 1.74 bits per heavy atom. The minimum absolute atomic E-state index is 0.146. The molecule has 2 saturated heterocycles. The maximum Gasteiger partial charge on any atom is 0.312 e. The first-order chi connectivity index (χ1) is 11.1. The lowest BCUT2D eigenvalue weighted by Gasteiger charge is -2.34. The molecule has 1 aliphatic carbocycles. The van der Waals surface area contributed by atoms with E-state index >= 15 is 0 Å². The zero-order valence-corrected chi connectivity index (χ0v) is 13.8. The molecule has 2 heterocycles. The number of hydrogen-bond donors (Lipinski definition) is 1. The van der Waals surface area contributed by atoms with E-state index in [0.29, 0.717) is 19.0 Å². The van der Waals surface area contributed by atoms with Crippen LogP contribution in [0.25, 0.3) is 0 Å². The predicted molar refractivity (Wildman–Crippen MR) is 85.4 cm³/mol. The normalized spacial score (nSPS) is 32.5. The highest BCUT2D eigenvalue weighted by Gasteiger charge is 2.38. The molecule has 0 aromatic carbocycles. The Hall–Kier alpha value is -1.17. The number of carbonyl (C=O) groups is 2. The Morgan fingerprint density at radius 3 is 2.43 bits per heavy atom. The third kappa shape index (κ3) is 3.67. The lowest BCUT2D eigenvalue weighted by molar-refractivity contribution is -0.153. The fourth-order valence-corrected chi connectivity index (χ4v) is 4.37. The molecule has 0 spiro atoms. The van der Waals surface area contributed by atoms with E-state index in [-0.39, 0.29) is 19.0 Å². The third-order valence-corrected chi connectivity index (χ3v) is 5.76. The minimum atomic E-state index is -1.07. The molecule has 0 radical (unpaired) electrons. The second-order valence-electron chi connectivity index (χ2n) is 7.40. The molecule has 6 heteroatoms. The summed E-state index contributed by atoms with van der Waals surface area (Å²) in [7, 11) is 0. The largest absolute Gasteiger partial charge is 0.333 e. The topological polar surface area (TPSA) is 66.6 Å². The van der Waals surface area contributed by atoms with Crippen LogP contribution in [0.4, 0.5) is 4.39 Å². The average Bonchev–Trinajstić information content (AvgIpc) is 3.21. The Bertz CT molecular complexity index is 453. The van der Waals surface area contributed by atoms with Gasteiger partial charge in [-0.3, -0.25) is 9.59 Å². The van der Waals surface area contributed by atoms with Crippen LogP contribution < -0.4 is 5.73 Å². The number of alkyl halides is 1. The first kappa shape index (κ1) is 16.7. The van der Waals surface area contributed by atoms with Gasteiger partial charge in [0.25, 0.3) is 0 Å². The van der Waals surface area contributed by atoms with E-state index in [4.69, 9.17) is 5.73 Å². The van der Waals surface area contributed by atoms with Gasteiger partial charge in [0.15, 0.2) is 0 Å². The number of nitrogens with two attached hydrogens (primary N) is 1. The SMILES string of the molecule is N[C@@H]1CN(C(=O)C(=O)N2CCCC2CC2CCCC2)CC[C@H]1F. The van der Waals surface area contributed by atoms with E-state index in [0.717, 1.165) is 19.3 Å². The standard InChI is InChI=1S/C17H28FN3O2/c18-14-7-9-20(11-15(14)19)16(22)17(23)21-8-3-6-13(21)10-12-4-1-2-5-12/h12-15H,1-11,19H2/t13?,14-,15-/m1/s1. The summed E-state index contributed by atoms with van der Waals surface area (Å²) >= 11 is 0. The molecule has 3 atom stereocenters. The van der Waals surface area contributed by atoms with E-state index < -0.39 is 24.0 Å². The molecule has 130 valence electrons. The van der Waals surface area contributed by atoms with Gasteiger partial charge in [-0.15, -0.1) is 0 Å². The molecule has 23 heavy (non-hydrogen) atoms. The molecule has 5 nitrogen and oxygen atoms in total. The Labute approximate surface area is 137 Å². The molecule has 2 amide bonds. The van der Waals surface area contributed by atoms with Crippen molar-refractivity contribution in [1.29, 1.82) is 0 Å². The molecule has 0 aromatic heterocycles. The third-order valence-electron chi connectivity index (χ3n) is 5.76. The molecular weight excluding hydrogens is 297 g/mol. The van der Waals surface area contributed by atoms with E-state index in [1.807, 2.05) is 0 Å². The van der Waals surface area contributed by atoms with Gasteiger partial charge in [0.1, 0.15) is 6.17 Å². The van der Waals surface area contributed by atoms with E-state index in [1.54, 1.807) is 4.90 Å². The molecule has 1 saturated carbocycles. The zero-order valence-electron chi connectivity index (χ0n) is 13.8. The summed E-state index contributed by atoms with van der Waals surface area (Å²) in [5.74, 6) is -0.195. The summed E-state index contributed by atoms with van der Waals surface area (Å²) in [6.07, 6.45) is 7.26. The van der Waals surface area contributed by atoms with Crippen LogP contribution >= 0.6 is 0 Å². The van der Waals surface area contributed by atoms with Crippen molar-refractivity contribution >= 4 is 11.8 Å². The van der Waals surface area contributed by atoms with Crippen LogP contribution in [-0.4, -0.2) is 59.5 Å². The lowest BCUT2D eigenvalue weighted by Crippen LogP contribution is -2.55. The smallest absolute Gasteiger partial charge is 0.312 e. The highest BCUT2D eigenvalue weighted by atomic mass is 19.1. The highest BCUT2D eigenvalue weighted by Crippen LogP contribution is 2.33. The number of nitrogens with zero attached hydrogens (tertiary/aromatic N) is 2. The van der Waals surface area contributed by atoms with Gasteiger partial charge in [0, 0.05) is 25.7 Å². The lowest BCUT2D eigenvalue weighted by atomic mass is 9.97. The molecule has 1 unspecified atom stereocenters. The highest BCUT2D eigenvalue weighted by molar-refractivity contribution is 6.35. The number of likely N-dealkylation sites (tertiary alicyclic amines) is 2. The summed E-state index contributed by atoms with van der Waals surface area (Å²) in [6.45, 7) is 1.11. The van der Waals surface area contributed by atoms with E-state index in [1.165, 1.54) is 30.6 Å².